The number of nitrogens with two attached hydrogens (primary N) is 1. The lowest BCUT2D eigenvalue weighted by Crippen LogP contribution is -2.21. The molecule has 0 fully saturated rings. The zero-order chi connectivity index (χ0) is 21.4. The van der Waals surface area contributed by atoms with E-state index in [1.165, 1.54) is 9.13 Å². The Kier molecular flexibility index (Phi) is 4.71. The molecule has 0 atom stereocenters. The molecule has 2 aromatic heterocycles. The number of hydrogen-bond acceptors (Lipinski definition) is 6. The molecular formula is C21H19N5O4. The summed E-state index contributed by atoms with van der Waals surface area (Å²) in [6.07, 6.45) is 0. The van der Waals surface area contributed by atoms with Crippen LogP contribution in [0.4, 0.5) is 0 Å². The highest BCUT2D eigenvalue weighted by molar-refractivity contribution is 6.02. The molecule has 0 saturated heterocycles. The van der Waals surface area contributed by atoms with Crippen molar-refractivity contribution in [3.8, 4) is 28.6 Å². The van der Waals surface area contributed by atoms with E-state index in [0.29, 0.717) is 22.7 Å². The normalized spacial score (nSPS) is 10.9. The maximum absolute atomic E-state index is 13.1. The van der Waals surface area contributed by atoms with E-state index in [1.54, 1.807) is 69.8 Å². The smallest absolute Gasteiger partial charge is 0.334 e. The predicted octanol–water partition coefficient (Wildman–Crippen LogP) is 1.90. The highest BCUT2D eigenvalue weighted by Crippen LogP contribution is 2.26. The molecule has 2 N–H and O–H groups in total. The first kappa shape index (κ1) is 19.2. The van der Waals surface area contributed by atoms with Gasteiger partial charge in [-0.1, -0.05) is 18.2 Å². The molecule has 0 spiro atoms. The van der Waals surface area contributed by atoms with Crippen LogP contribution in [0.1, 0.15) is 10.5 Å². The van der Waals surface area contributed by atoms with Crippen LogP contribution in [0.3, 0.4) is 0 Å². The van der Waals surface area contributed by atoms with Crippen LogP contribution in [0.15, 0.2) is 53.3 Å². The topological polar surface area (TPSA) is 114 Å². The maximum Gasteiger partial charge on any atom is 0.334 e. The third-order valence-electron chi connectivity index (χ3n) is 4.76. The molecule has 0 radical (unpaired) electrons. The second-order valence-corrected chi connectivity index (χ2v) is 6.54. The van der Waals surface area contributed by atoms with Crippen LogP contribution in [0.25, 0.3) is 28.2 Å². The molecule has 0 bridgehead atoms. The average Bonchev–Trinajstić information content (AvgIpc) is 3.03. The molecule has 0 aliphatic rings. The number of rotatable bonds is 5. The fourth-order valence-corrected chi connectivity index (χ4v) is 3.29. The van der Waals surface area contributed by atoms with Crippen molar-refractivity contribution in [2.75, 3.05) is 14.2 Å². The fourth-order valence-electron chi connectivity index (χ4n) is 3.29. The van der Waals surface area contributed by atoms with E-state index in [9.17, 15) is 9.59 Å². The summed E-state index contributed by atoms with van der Waals surface area (Å²) < 4.78 is 13.2. The molecule has 0 unspecified atom stereocenters. The van der Waals surface area contributed by atoms with Crippen molar-refractivity contribution < 1.29 is 14.3 Å². The molecular weight excluding hydrogens is 386 g/mol. The number of nitrogens with zero attached hydrogens (tertiary/aromatic N) is 4. The zero-order valence-electron chi connectivity index (χ0n) is 16.6. The average molecular weight is 405 g/mol. The van der Waals surface area contributed by atoms with Crippen molar-refractivity contribution >= 4 is 17.1 Å². The van der Waals surface area contributed by atoms with Crippen LogP contribution < -0.4 is 20.9 Å². The number of amides is 1. The molecule has 2 aromatic carbocycles. The van der Waals surface area contributed by atoms with Crippen LogP contribution in [0.5, 0.6) is 11.5 Å². The van der Waals surface area contributed by atoms with Crippen molar-refractivity contribution in [1.29, 1.82) is 0 Å². The Morgan fingerprint density at radius 3 is 2.33 bits per heavy atom. The molecule has 1 amide bonds. The number of aromatic nitrogens is 4. The molecule has 0 saturated carbocycles. The van der Waals surface area contributed by atoms with E-state index >= 15 is 0 Å². The lowest BCUT2D eigenvalue weighted by molar-refractivity contribution is 0.0997. The number of benzene rings is 2. The summed E-state index contributed by atoms with van der Waals surface area (Å²) in [6, 6.07) is 14.1. The summed E-state index contributed by atoms with van der Waals surface area (Å²) in [5.41, 5.74) is 6.83. The van der Waals surface area contributed by atoms with Gasteiger partial charge in [0.1, 0.15) is 17.0 Å². The van der Waals surface area contributed by atoms with Gasteiger partial charge < -0.3 is 15.2 Å². The lowest BCUT2D eigenvalue weighted by Gasteiger charge is -2.08. The quantitative estimate of drug-likeness (QED) is 0.542. The Morgan fingerprint density at radius 2 is 1.67 bits per heavy atom. The minimum atomic E-state index is -0.759. The Hall–Kier alpha value is -4.14. The number of aryl methyl sites for hydroxylation is 1. The molecule has 9 heteroatoms. The minimum absolute atomic E-state index is 0.0425. The lowest BCUT2D eigenvalue weighted by atomic mass is 10.2. The molecule has 30 heavy (non-hydrogen) atoms. The summed E-state index contributed by atoms with van der Waals surface area (Å²) in [4.78, 5) is 34.2. The number of hydrogen-bond donors (Lipinski definition) is 1. The zero-order valence-corrected chi connectivity index (χ0v) is 16.6. The minimum Gasteiger partial charge on any atom is -0.497 e. The molecule has 2 heterocycles. The van der Waals surface area contributed by atoms with Gasteiger partial charge in [-0.2, -0.15) is 0 Å². The van der Waals surface area contributed by atoms with Gasteiger partial charge in [-0.05, 0) is 24.3 Å². The standard InChI is InChI=1S/C21H19N5O4/c1-25-17-16(18(22)27)23-19(12-6-4-8-14(10-12)29-2)24-20(17)26(21(25)28)13-7-5-9-15(11-13)30-3/h4-11H,1-3H3,(H2,22,27). The number of carbonyl (C=O) groups is 1. The summed E-state index contributed by atoms with van der Waals surface area (Å²) >= 11 is 0. The van der Waals surface area contributed by atoms with E-state index in [1.807, 2.05) is 0 Å². The van der Waals surface area contributed by atoms with Gasteiger partial charge in [0.05, 0.1) is 19.9 Å². The molecule has 152 valence electrons. The number of primary amides is 1. The maximum atomic E-state index is 13.1. The first-order valence-electron chi connectivity index (χ1n) is 9.02. The van der Waals surface area contributed by atoms with E-state index < -0.39 is 11.6 Å². The summed E-state index contributed by atoms with van der Waals surface area (Å²) in [5.74, 6) is 0.672. The first-order valence-corrected chi connectivity index (χ1v) is 9.02. The molecule has 4 rings (SSSR count). The van der Waals surface area contributed by atoms with Gasteiger partial charge in [0.2, 0.25) is 0 Å². The van der Waals surface area contributed by atoms with Gasteiger partial charge >= 0.3 is 5.69 Å². The predicted molar refractivity (Wildman–Crippen MR) is 111 cm³/mol. The van der Waals surface area contributed by atoms with E-state index in [4.69, 9.17) is 15.2 Å². The molecule has 4 aromatic rings. The SMILES string of the molecule is COc1cccc(-c2nc(C(N)=O)c3c(n2)n(-c2cccc(OC)c2)c(=O)n3C)c1. The Morgan fingerprint density at radius 1 is 1.00 bits per heavy atom. The fraction of sp³-hybridized carbons (Fsp3) is 0.143. The Bertz CT molecular complexity index is 1340. The first-order chi connectivity index (χ1) is 14.4. The molecule has 0 aliphatic carbocycles. The van der Waals surface area contributed by atoms with E-state index in [-0.39, 0.29) is 22.7 Å². The van der Waals surface area contributed by atoms with Crippen LogP contribution in [0.2, 0.25) is 0 Å². The van der Waals surface area contributed by atoms with E-state index in [0.717, 1.165) is 0 Å². The summed E-state index contributed by atoms with van der Waals surface area (Å²) in [6.45, 7) is 0. The van der Waals surface area contributed by atoms with Crippen LogP contribution >= 0.6 is 0 Å². The number of imidazole rings is 1. The largest absolute Gasteiger partial charge is 0.497 e. The van der Waals surface area contributed by atoms with Crippen molar-refractivity contribution in [3.63, 3.8) is 0 Å². The van der Waals surface area contributed by atoms with Gasteiger partial charge in [-0.25, -0.2) is 19.3 Å². The van der Waals surface area contributed by atoms with Crippen LogP contribution in [-0.2, 0) is 7.05 Å². The molecule has 0 aliphatic heterocycles. The third-order valence-corrected chi connectivity index (χ3v) is 4.76. The van der Waals surface area contributed by atoms with Crippen molar-refractivity contribution in [2.24, 2.45) is 12.8 Å². The molecule has 9 nitrogen and oxygen atoms in total. The number of carbonyl (C=O) groups excluding carboxylic acids is 1. The van der Waals surface area contributed by atoms with Crippen molar-refractivity contribution in [3.05, 3.63) is 64.7 Å². The Balaban J connectivity index is 2.08. The van der Waals surface area contributed by atoms with E-state index in [2.05, 4.69) is 9.97 Å². The highest BCUT2D eigenvalue weighted by Gasteiger charge is 2.23. The Labute approximate surface area is 171 Å². The van der Waals surface area contributed by atoms with Gasteiger partial charge in [-0.15, -0.1) is 0 Å². The second kappa shape index (κ2) is 7.36. The summed E-state index contributed by atoms with van der Waals surface area (Å²) in [5, 5.41) is 0. The van der Waals surface area contributed by atoms with Gasteiger partial charge in [0, 0.05) is 18.7 Å². The van der Waals surface area contributed by atoms with Crippen LogP contribution in [0, 0.1) is 0 Å². The van der Waals surface area contributed by atoms with Gasteiger partial charge in [0.25, 0.3) is 5.91 Å². The van der Waals surface area contributed by atoms with Crippen molar-refractivity contribution in [2.45, 2.75) is 0 Å². The second-order valence-electron chi connectivity index (χ2n) is 6.54. The number of ether oxygens (including phenoxy) is 2. The highest BCUT2D eigenvalue weighted by atomic mass is 16.5. The number of methoxy groups -OCH3 is 2. The third kappa shape index (κ3) is 3.06. The summed E-state index contributed by atoms with van der Waals surface area (Å²) in [7, 11) is 4.64. The van der Waals surface area contributed by atoms with Gasteiger partial charge in [-0.3, -0.25) is 9.36 Å². The van der Waals surface area contributed by atoms with Gasteiger partial charge in [0.15, 0.2) is 17.2 Å². The monoisotopic (exact) mass is 405 g/mol. The van der Waals surface area contributed by atoms with Crippen molar-refractivity contribution in [1.82, 2.24) is 19.1 Å². The van der Waals surface area contributed by atoms with Crippen LogP contribution in [-0.4, -0.2) is 39.2 Å². The number of fused-ring (bicyclic) bond motifs is 1.